The van der Waals surface area contributed by atoms with E-state index in [1.807, 2.05) is 12.1 Å². The maximum absolute atomic E-state index is 11.0. The Balaban J connectivity index is 2.59. The summed E-state index contributed by atoms with van der Waals surface area (Å²) in [6.07, 6.45) is 0.393. The Labute approximate surface area is 98.8 Å². The van der Waals surface area contributed by atoms with Crippen molar-refractivity contribution in [3.8, 4) is 0 Å². The predicted molar refractivity (Wildman–Crippen MR) is 66.1 cm³/mol. The van der Waals surface area contributed by atoms with Crippen molar-refractivity contribution in [2.45, 2.75) is 13.3 Å². The summed E-state index contributed by atoms with van der Waals surface area (Å²) in [6.45, 7) is 1.76. The van der Waals surface area contributed by atoms with Gasteiger partial charge in [-0.05, 0) is 24.4 Å². The monoisotopic (exact) mass is 242 g/mol. The zero-order chi connectivity index (χ0) is 11.3. The summed E-state index contributed by atoms with van der Waals surface area (Å²) in [7, 11) is 0. The number of benzene rings is 1. The molecule has 15 heavy (non-hydrogen) atoms. The van der Waals surface area contributed by atoms with Gasteiger partial charge in [0.25, 0.3) is 0 Å². The molecule has 0 aliphatic rings. The van der Waals surface area contributed by atoms with E-state index in [0.717, 1.165) is 0 Å². The molecule has 80 valence electrons. The smallest absolute Gasteiger partial charge is 0.225 e. The van der Waals surface area contributed by atoms with Crippen LogP contribution >= 0.6 is 23.8 Å². The van der Waals surface area contributed by atoms with Gasteiger partial charge >= 0.3 is 0 Å². The van der Waals surface area contributed by atoms with Gasteiger partial charge in [0.2, 0.25) is 5.91 Å². The van der Waals surface area contributed by atoms with E-state index in [1.165, 1.54) is 0 Å². The molecule has 1 rings (SSSR count). The molecule has 0 saturated carbocycles. The fourth-order valence-corrected chi connectivity index (χ4v) is 1.34. The average Bonchev–Trinajstić information content (AvgIpc) is 2.21. The van der Waals surface area contributed by atoms with Crippen LogP contribution < -0.4 is 10.6 Å². The molecule has 0 aromatic heterocycles. The number of anilines is 1. The summed E-state index contributed by atoms with van der Waals surface area (Å²) < 4.78 is 0. The molecule has 0 heterocycles. The first-order valence-corrected chi connectivity index (χ1v) is 5.27. The van der Waals surface area contributed by atoms with Gasteiger partial charge in [-0.25, -0.2) is 0 Å². The second-order valence-electron chi connectivity index (χ2n) is 2.84. The minimum Gasteiger partial charge on any atom is -0.331 e. The van der Waals surface area contributed by atoms with Gasteiger partial charge in [-0.2, -0.15) is 0 Å². The van der Waals surface area contributed by atoms with Gasteiger partial charge in [-0.15, -0.1) is 0 Å². The van der Waals surface area contributed by atoms with E-state index >= 15 is 0 Å². The summed E-state index contributed by atoms with van der Waals surface area (Å²) >= 11 is 10.8. The molecule has 1 aromatic rings. The van der Waals surface area contributed by atoms with Crippen LogP contribution in [0.2, 0.25) is 5.02 Å². The normalized spacial score (nSPS) is 9.47. The molecule has 0 unspecified atom stereocenters. The Kier molecular flexibility index (Phi) is 4.52. The van der Waals surface area contributed by atoms with Crippen molar-refractivity contribution >= 4 is 40.5 Å². The summed E-state index contributed by atoms with van der Waals surface area (Å²) in [4.78, 5) is 11.0. The van der Waals surface area contributed by atoms with Gasteiger partial charge < -0.3 is 10.6 Å². The first kappa shape index (κ1) is 11.9. The van der Waals surface area contributed by atoms with Crippen molar-refractivity contribution in [3.05, 3.63) is 29.3 Å². The Hall–Kier alpha value is -1.13. The second-order valence-corrected chi connectivity index (χ2v) is 3.65. The highest BCUT2D eigenvalue weighted by Gasteiger charge is 2.03. The molecule has 0 atom stereocenters. The fraction of sp³-hybridized carbons (Fsp3) is 0.200. The summed E-state index contributed by atoms with van der Waals surface area (Å²) in [5.41, 5.74) is 0.681. The van der Waals surface area contributed by atoms with Crippen molar-refractivity contribution < 1.29 is 4.79 Å². The summed E-state index contributed by atoms with van der Waals surface area (Å²) in [5, 5.41) is 6.19. The number of rotatable bonds is 2. The molecule has 1 aromatic carbocycles. The Morgan fingerprint density at radius 1 is 1.47 bits per heavy atom. The molecule has 2 N–H and O–H groups in total. The third-order valence-corrected chi connectivity index (χ3v) is 2.23. The number of halogens is 1. The van der Waals surface area contributed by atoms with E-state index in [1.54, 1.807) is 19.1 Å². The third kappa shape index (κ3) is 3.85. The second kappa shape index (κ2) is 5.68. The van der Waals surface area contributed by atoms with E-state index in [9.17, 15) is 4.79 Å². The first-order valence-electron chi connectivity index (χ1n) is 4.49. The average molecular weight is 243 g/mol. The molecule has 5 heteroatoms. The lowest BCUT2D eigenvalue weighted by molar-refractivity contribution is -0.119. The zero-order valence-corrected chi connectivity index (χ0v) is 9.78. The zero-order valence-electron chi connectivity index (χ0n) is 8.21. The fourth-order valence-electron chi connectivity index (χ4n) is 0.931. The molecular weight excluding hydrogens is 232 g/mol. The number of hydrogen-bond acceptors (Lipinski definition) is 2. The van der Waals surface area contributed by atoms with E-state index < -0.39 is 0 Å². The molecule has 0 spiro atoms. The van der Waals surface area contributed by atoms with Crippen molar-refractivity contribution in [2.75, 3.05) is 5.32 Å². The molecule has 0 fully saturated rings. The number of carbonyl (C=O) groups excluding carboxylic acids is 1. The highest BCUT2D eigenvalue weighted by Crippen LogP contribution is 2.19. The van der Waals surface area contributed by atoms with Crippen LogP contribution in [0.5, 0.6) is 0 Å². The molecule has 0 aliphatic carbocycles. The van der Waals surface area contributed by atoms with Crippen LogP contribution in [0.4, 0.5) is 5.69 Å². The number of nitrogens with one attached hydrogen (secondary N) is 2. The van der Waals surface area contributed by atoms with Gasteiger partial charge in [0.15, 0.2) is 5.11 Å². The lowest BCUT2D eigenvalue weighted by Crippen LogP contribution is -2.33. The van der Waals surface area contributed by atoms with Crippen LogP contribution in [0.1, 0.15) is 13.3 Å². The van der Waals surface area contributed by atoms with E-state index in [2.05, 4.69) is 10.6 Å². The van der Waals surface area contributed by atoms with E-state index in [0.29, 0.717) is 17.1 Å². The van der Waals surface area contributed by atoms with Crippen LogP contribution in [0.25, 0.3) is 0 Å². The van der Waals surface area contributed by atoms with Crippen LogP contribution in [0.3, 0.4) is 0 Å². The maximum atomic E-state index is 11.0. The third-order valence-electron chi connectivity index (χ3n) is 1.70. The minimum atomic E-state index is -0.125. The van der Waals surface area contributed by atoms with Crippen LogP contribution in [0, 0.1) is 0 Å². The van der Waals surface area contributed by atoms with Crippen molar-refractivity contribution in [3.63, 3.8) is 0 Å². The van der Waals surface area contributed by atoms with Crippen LogP contribution in [-0.4, -0.2) is 11.0 Å². The van der Waals surface area contributed by atoms with Gasteiger partial charge in [0, 0.05) is 6.42 Å². The number of carbonyl (C=O) groups is 1. The van der Waals surface area contributed by atoms with Gasteiger partial charge in [-0.3, -0.25) is 4.79 Å². The summed E-state index contributed by atoms with van der Waals surface area (Å²) in [6, 6.07) is 7.18. The molecule has 0 radical (unpaired) electrons. The minimum absolute atomic E-state index is 0.125. The quantitative estimate of drug-likeness (QED) is 0.784. The van der Waals surface area contributed by atoms with Crippen molar-refractivity contribution in [1.29, 1.82) is 0 Å². The highest BCUT2D eigenvalue weighted by molar-refractivity contribution is 7.80. The molecule has 0 saturated heterocycles. The summed E-state index contributed by atoms with van der Waals surface area (Å²) in [5.74, 6) is -0.125. The molecule has 1 amide bonds. The maximum Gasteiger partial charge on any atom is 0.225 e. The number of thiocarbonyl (C=S) groups is 1. The Morgan fingerprint density at radius 3 is 2.73 bits per heavy atom. The van der Waals surface area contributed by atoms with Crippen LogP contribution in [0.15, 0.2) is 24.3 Å². The number of hydrogen-bond donors (Lipinski definition) is 2. The van der Waals surface area contributed by atoms with E-state index in [-0.39, 0.29) is 11.0 Å². The van der Waals surface area contributed by atoms with Gasteiger partial charge in [-0.1, -0.05) is 30.7 Å². The lowest BCUT2D eigenvalue weighted by Gasteiger charge is -2.09. The molecule has 0 aliphatic heterocycles. The Bertz CT molecular complexity index is 381. The van der Waals surface area contributed by atoms with Crippen molar-refractivity contribution in [2.24, 2.45) is 0 Å². The van der Waals surface area contributed by atoms with Crippen molar-refractivity contribution in [1.82, 2.24) is 5.32 Å². The van der Waals surface area contributed by atoms with Gasteiger partial charge in [0.05, 0.1) is 10.7 Å². The first-order chi connectivity index (χ1) is 7.13. The molecule has 0 bridgehead atoms. The largest absolute Gasteiger partial charge is 0.331 e. The standard InChI is InChI=1S/C10H11ClN2OS/c1-2-9(14)13-10(15)12-8-6-4-3-5-7(8)11/h3-6H,2H2,1H3,(H2,12,13,14,15). The molecule has 3 nitrogen and oxygen atoms in total. The highest BCUT2D eigenvalue weighted by atomic mass is 35.5. The number of para-hydroxylation sites is 1. The van der Waals surface area contributed by atoms with Gasteiger partial charge in [0.1, 0.15) is 0 Å². The molecular formula is C10H11ClN2OS. The SMILES string of the molecule is CCC(=O)NC(=S)Nc1ccccc1Cl. The van der Waals surface area contributed by atoms with Crippen LogP contribution in [-0.2, 0) is 4.79 Å². The Morgan fingerprint density at radius 2 is 2.13 bits per heavy atom. The topological polar surface area (TPSA) is 41.1 Å². The number of amides is 1. The predicted octanol–water partition coefficient (Wildman–Crippen LogP) is 2.56. The lowest BCUT2D eigenvalue weighted by atomic mass is 10.3. The van der Waals surface area contributed by atoms with E-state index in [4.69, 9.17) is 23.8 Å².